The van der Waals surface area contributed by atoms with Gasteiger partial charge in [-0.25, -0.2) is 4.98 Å². The van der Waals surface area contributed by atoms with E-state index in [2.05, 4.69) is 26.2 Å². The van der Waals surface area contributed by atoms with E-state index in [-0.39, 0.29) is 5.91 Å². The number of carbonyl (C=O) groups excluding carboxylic acids is 1. The Morgan fingerprint density at radius 3 is 2.65 bits per heavy atom. The van der Waals surface area contributed by atoms with E-state index in [1.165, 1.54) is 11.3 Å². The number of nitrogens with two attached hydrogens (primary N) is 1. The SMILES string of the molecule is Nc1nc(C(=O)Nc2ccc(Br)c3ccccc23)cs1. The summed E-state index contributed by atoms with van der Waals surface area (Å²) in [5.41, 5.74) is 6.62. The van der Waals surface area contributed by atoms with Crippen LogP contribution in [0.2, 0.25) is 0 Å². The van der Waals surface area contributed by atoms with E-state index in [1.54, 1.807) is 5.38 Å². The molecule has 1 amide bonds. The molecule has 3 N–H and O–H groups in total. The number of aromatic nitrogens is 1. The molecule has 3 rings (SSSR count). The fourth-order valence-corrected chi connectivity index (χ4v) is 2.97. The monoisotopic (exact) mass is 347 g/mol. The van der Waals surface area contributed by atoms with E-state index in [0.29, 0.717) is 10.8 Å². The number of thiazole rings is 1. The molecule has 4 nitrogen and oxygen atoms in total. The van der Waals surface area contributed by atoms with Gasteiger partial charge in [-0.05, 0) is 17.5 Å². The molecule has 2 aromatic carbocycles. The Morgan fingerprint density at radius 1 is 1.20 bits per heavy atom. The zero-order valence-corrected chi connectivity index (χ0v) is 12.7. The molecule has 0 radical (unpaired) electrons. The number of nitrogens with zero attached hydrogens (tertiary/aromatic N) is 1. The zero-order valence-electron chi connectivity index (χ0n) is 10.3. The van der Waals surface area contributed by atoms with Crippen LogP contribution in [0.5, 0.6) is 0 Å². The van der Waals surface area contributed by atoms with Crippen molar-refractivity contribution in [2.45, 2.75) is 0 Å². The number of benzene rings is 2. The molecule has 1 heterocycles. The number of carbonyl (C=O) groups is 1. The second-order valence-corrected chi connectivity index (χ2v) is 5.91. The van der Waals surface area contributed by atoms with Crippen LogP contribution in [0, 0.1) is 0 Å². The van der Waals surface area contributed by atoms with Crippen molar-refractivity contribution in [2.24, 2.45) is 0 Å². The van der Waals surface area contributed by atoms with Gasteiger partial charge in [0.15, 0.2) is 5.13 Å². The lowest BCUT2D eigenvalue weighted by atomic mass is 10.1. The minimum absolute atomic E-state index is 0.259. The summed E-state index contributed by atoms with van der Waals surface area (Å²) in [4.78, 5) is 16.1. The number of nitrogen functional groups attached to an aromatic ring is 1. The molecular weight excluding hydrogens is 338 g/mol. The van der Waals surface area contributed by atoms with Crippen molar-refractivity contribution in [2.75, 3.05) is 11.1 Å². The van der Waals surface area contributed by atoms with Crippen molar-refractivity contribution in [1.29, 1.82) is 0 Å². The number of halogens is 1. The minimum atomic E-state index is -0.259. The molecule has 6 heteroatoms. The van der Waals surface area contributed by atoms with Crippen LogP contribution in [0.3, 0.4) is 0 Å². The molecule has 0 aliphatic rings. The lowest BCUT2D eigenvalue weighted by Crippen LogP contribution is -2.12. The lowest BCUT2D eigenvalue weighted by Gasteiger charge is -2.09. The van der Waals surface area contributed by atoms with Crippen molar-refractivity contribution in [3.05, 3.63) is 51.9 Å². The molecule has 100 valence electrons. The number of rotatable bonds is 2. The number of fused-ring (bicyclic) bond motifs is 1. The van der Waals surface area contributed by atoms with Gasteiger partial charge in [-0.3, -0.25) is 4.79 Å². The van der Waals surface area contributed by atoms with Crippen LogP contribution in [-0.4, -0.2) is 10.9 Å². The van der Waals surface area contributed by atoms with Gasteiger partial charge in [0.2, 0.25) is 0 Å². The molecule has 0 bridgehead atoms. The Hall–Kier alpha value is -1.92. The van der Waals surface area contributed by atoms with Gasteiger partial charge in [0.25, 0.3) is 5.91 Å². The minimum Gasteiger partial charge on any atom is -0.375 e. The van der Waals surface area contributed by atoms with Crippen molar-refractivity contribution in [3.8, 4) is 0 Å². The summed E-state index contributed by atoms with van der Waals surface area (Å²) in [6, 6.07) is 11.6. The van der Waals surface area contributed by atoms with Crippen molar-refractivity contribution in [3.63, 3.8) is 0 Å². The highest BCUT2D eigenvalue weighted by atomic mass is 79.9. The normalized spacial score (nSPS) is 10.7. The first-order valence-electron chi connectivity index (χ1n) is 5.85. The summed E-state index contributed by atoms with van der Waals surface area (Å²) >= 11 is 4.75. The highest BCUT2D eigenvalue weighted by Gasteiger charge is 2.12. The third-order valence-corrected chi connectivity index (χ3v) is 4.24. The Labute approximate surface area is 127 Å². The van der Waals surface area contributed by atoms with Gasteiger partial charge >= 0.3 is 0 Å². The van der Waals surface area contributed by atoms with Gasteiger partial charge in [0, 0.05) is 20.9 Å². The maximum atomic E-state index is 12.1. The number of nitrogens with one attached hydrogen (secondary N) is 1. The standard InChI is InChI=1S/C14H10BrN3OS/c15-10-5-6-11(9-4-2-1-3-8(9)10)17-13(19)12-7-20-14(16)18-12/h1-7H,(H2,16,18)(H,17,19). The van der Waals surface area contributed by atoms with Crippen LogP contribution in [-0.2, 0) is 0 Å². The largest absolute Gasteiger partial charge is 0.375 e. The number of anilines is 2. The lowest BCUT2D eigenvalue weighted by molar-refractivity contribution is 0.102. The first-order valence-corrected chi connectivity index (χ1v) is 7.52. The second kappa shape index (κ2) is 5.22. The fourth-order valence-electron chi connectivity index (χ4n) is 1.95. The summed E-state index contributed by atoms with van der Waals surface area (Å²) in [7, 11) is 0. The van der Waals surface area contributed by atoms with Crippen molar-refractivity contribution >= 4 is 54.8 Å². The van der Waals surface area contributed by atoms with Gasteiger partial charge in [0.1, 0.15) is 5.69 Å². The fraction of sp³-hybridized carbons (Fsp3) is 0. The van der Waals surface area contributed by atoms with Gasteiger partial charge in [-0.1, -0.05) is 40.2 Å². The van der Waals surface area contributed by atoms with E-state index < -0.39 is 0 Å². The van der Waals surface area contributed by atoms with Crippen molar-refractivity contribution < 1.29 is 4.79 Å². The number of hydrogen-bond acceptors (Lipinski definition) is 4. The Balaban J connectivity index is 1.99. The number of amides is 1. The van der Waals surface area contributed by atoms with Crippen LogP contribution in [0.4, 0.5) is 10.8 Å². The van der Waals surface area contributed by atoms with Gasteiger partial charge < -0.3 is 11.1 Å². The summed E-state index contributed by atoms with van der Waals surface area (Å²) in [6.45, 7) is 0. The van der Waals surface area contributed by atoms with Crippen LogP contribution in [0.15, 0.2) is 46.3 Å². The molecule has 0 fully saturated rings. The topological polar surface area (TPSA) is 68.0 Å². The molecule has 0 spiro atoms. The zero-order chi connectivity index (χ0) is 14.1. The summed E-state index contributed by atoms with van der Waals surface area (Å²) < 4.78 is 0.990. The highest BCUT2D eigenvalue weighted by molar-refractivity contribution is 9.10. The Kier molecular flexibility index (Phi) is 3.42. The van der Waals surface area contributed by atoms with Crippen LogP contribution in [0.25, 0.3) is 10.8 Å². The molecule has 0 saturated carbocycles. The maximum absolute atomic E-state index is 12.1. The summed E-state index contributed by atoms with van der Waals surface area (Å²) in [6.07, 6.45) is 0. The van der Waals surface area contributed by atoms with Crippen LogP contribution < -0.4 is 11.1 Å². The molecule has 20 heavy (non-hydrogen) atoms. The van der Waals surface area contributed by atoms with Gasteiger partial charge in [0.05, 0.1) is 0 Å². The molecule has 0 aliphatic heterocycles. The van der Waals surface area contributed by atoms with Crippen molar-refractivity contribution in [1.82, 2.24) is 4.98 Å². The summed E-state index contributed by atoms with van der Waals surface area (Å²) in [5, 5.41) is 6.92. The molecule has 0 atom stereocenters. The molecule has 0 unspecified atom stereocenters. The Bertz CT molecular complexity index is 800. The Morgan fingerprint density at radius 2 is 1.95 bits per heavy atom. The smallest absolute Gasteiger partial charge is 0.275 e. The second-order valence-electron chi connectivity index (χ2n) is 4.17. The van der Waals surface area contributed by atoms with E-state index in [4.69, 9.17) is 5.73 Å². The quantitative estimate of drug-likeness (QED) is 0.738. The third kappa shape index (κ3) is 2.39. The average Bonchev–Trinajstić information content (AvgIpc) is 2.89. The van der Waals surface area contributed by atoms with E-state index in [9.17, 15) is 4.79 Å². The molecule has 1 aromatic heterocycles. The summed E-state index contributed by atoms with van der Waals surface area (Å²) in [5.74, 6) is -0.259. The van der Waals surface area contributed by atoms with E-state index in [1.807, 2.05) is 36.4 Å². The predicted octanol–water partition coefficient (Wildman–Crippen LogP) is 3.89. The van der Waals surface area contributed by atoms with E-state index in [0.717, 1.165) is 20.9 Å². The molecule has 0 aliphatic carbocycles. The van der Waals surface area contributed by atoms with Crippen LogP contribution >= 0.6 is 27.3 Å². The molecule has 0 saturated heterocycles. The van der Waals surface area contributed by atoms with Crippen LogP contribution in [0.1, 0.15) is 10.5 Å². The highest BCUT2D eigenvalue weighted by Crippen LogP contribution is 2.30. The van der Waals surface area contributed by atoms with Gasteiger partial charge in [-0.2, -0.15) is 0 Å². The maximum Gasteiger partial charge on any atom is 0.275 e. The molecular formula is C14H10BrN3OS. The van der Waals surface area contributed by atoms with Gasteiger partial charge in [-0.15, -0.1) is 11.3 Å². The first kappa shape index (κ1) is 13.1. The molecule has 3 aromatic rings. The first-order chi connectivity index (χ1) is 9.65. The third-order valence-electron chi connectivity index (χ3n) is 2.87. The predicted molar refractivity (Wildman–Crippen MR) is 86.1 cm³/mol. The average molecular weight is 348 g/mol. The van der Waals surface area contributed by atoms with E-state index >= 15 is 0 Å². The number of hydrogen-bond donors (Lipinski definition) is 2.